The predicted octanol–water partition coefficient (Wildman–Crippen LogP) is 0.716. The molecule has 0 radical (unpaired) electrons. The molecule has 23 heavy (non-hydrogen) atoms. The molecule has 0 unspecified atom stereocenters. The fourth-order valence-electron chi connectivity index (χ4n) is 2.71. The number of aromatic nitrogens is 5. The quantitative estimate of drug-likeness (QED) is 0.704. The number of fused-ring (bicyclic) bond motifs is 1. The summed E-state index contributed by atoms with van der Waals surface area (Å²) in [5.74, 6) is 1.62. The van der Waals surface area contributed by atoms with Crippen LogP contribution in [0.4, 0.5) is 11.6 Å². The van der Waals surface area contributed by atoms with Gasteiger partial charge in [-0.2, -0.15) is 9.78 Å². The van der Waals surface area contributed by atoms with Crippen molar-refractivity contribution in [3.05, 3.63) is 42.4 Å². The van der Waals surface area contributed by atoms with E-state index in [1.54, 1.807) is 29.2 Å². The van der Waals surface area contributed by atoms with E-state index >= 15 is 0 Å². The van der Waals surface area contributed by atoms with Crippen molar-refractivity contribution in [3.8, 4) is 6.07 Å². The lowest BCUT2D eigenvalue weighted by Crippen LogP contribution is -2.59. The fraction of sp³-hybridized carbons (Fsp3) is 0.267. The minimum atomic E-state index is 0.301. The number of pyridine rings is 1. The molecular weight excluding hydrogens is 292 g/mol. The van der Waals surface area contributed by atoms with Crippen LogP contribution in [-0.4, -0.2) is 51.0 Å². The van der Waals surface area contributed by atoms with E-state index in [1.807, 2.05) is 19.2 Å². The highest BCUT2D eigenvalue weighted by atomic mass is 15.4. The van der Waals surface area contributed by atoms with E-state index < -0.39 is 0 Å². The summed E-state index contributed by atoms with van der Waals surface area (Å²) < 4.78 is 1.67. The summed E-state index contributed by atoms with van der Waals surface area (Å²) in [6.07, 6.45) is 3.31. The summed E-state index contributed by atoms with van der Waals surface area (Å²) in [7, 11) is 1.97. The molecule has 0 aromatic carbocycles. The first-order valence-electron chi connectivity index (χ1n) is 7.26. The highest BCUT2D eigenvalue weighted by Crippen LogP contribution is 2.25. The minimum absolute atomic E-state index is 0.301. The summed E-state index contributed by atoms with van der Waals surface area (Å²) in [5.41, 5.74) is 1.33. The molecule has 0 N–H and O–H groups in total. The van der Waals surface area contributed by atoms with E-state index in [2.05, 4.69) is 36.1 Å². The summed E-state index contributed by atoms with van der Waals surface area (Å²) in [4.78, 5) is 8.57. The van der Waals surface area contributed by atoms with Crippen LogP contribution in [-0.2, 0) is 0 Å². The van der Waals surface area contributed by atoms with Crippen molar-refractivity contribution in [1.29, 1.82) is 5.26 Å². The number of hydrogen-bond donors (Lipinski definition) is 0. The van der Waals surface area contributed by atoms with Gasteiger partial charge in [0.25, 0.3) is 0 Å². The van der Waals surface area contributed by atoms with Gasteiger partial charge in [-0.25, -0.2) is 4.98 Å². The first kappa shape index (κ1) is 13.5. The molecule has 0 saturated carbocycles. The molecule has 1 fully saturated rings. The van der Waals surface area contributed by atoms with Crippen molar-refractivity contribution >= 4 is 17.3 Å². The van der Waals surface area contributed by atoms with E-state index in [9.17, 15) is 5.26 Å². The Morgan fingerprint density at radius 1 is 1.30 bits per heavy atom. The van der Waals surface area contributed by atoms with Crippen molar-refractivity contribution in [2.75, 3.05) is 29.9 Å². The van der Waals surface area contributed by atoms with Crippen molar-refractivity contribution in [1.82, 2.24) is 24.8 Å². The Labute approximate surface area is 132 Å². The lowest BCUT2D eigenvalue weighted by molar-refractivity contribution is 0.487. The second-order valence-corrected chi connectivity index (χ2v) is 5.48. The zero-order valence-corrected chi connectivity index (χ0v) is 12.5. The van der Waals surface area contributed by atoms with E-state index in [4.69, 9.17) is 0 Å². The SMILES string of the molecule is CN(c1ncccc1C#N)C1CN(c2ccc3nncn3n2)C1. The van der Waals surface area contributed by atoms with Gasteiger partial charge in [-0.3, -0.25) is 0 Å². The maximum absolute atomic E-state index is 9.20. The predicted molar refractivity (Wildman–Crippen MR) is 84.1 cm³/mol. The van der Waals surface area contributed by atoms with E-state index in [0.29, 0.717) is 11.6 Å². The molecule has 8 heteroatoms. The highest BCUT2D eigenvalue weighted by Gasteiger charge is 2.32. The van der Waals surface area contributed by atoms with Gasteiger partial charge >= 0.3 is 0 Å². The molecule has 0 bridgehead atoms. The van der Waals surface area contributed by atoms with Crippen LogP contribution >= 0.6 is 0 Å². The number of anilines is 2. The van der Waals surface area contributed by atoms with Crippen molar-refractivity contribution < 1.29 is 0 Å². The van der Waals surface area contributed by atoms with Crippen LogP contribution in [0.25, 0.3) is 5.65 Å². The molecule has 1 aliphatic rings. The Morgan fingerprint density at radius 2 is 2.17 bits per heavy atom. The normalized spacial score (nSPS) is 14.5. The summed E-state index contributed by atoms with van der Waals surface area (Å²) in [6.45, 7) is 1.66. The van der Waals surface area contributed by atoms with E-state index in [-0.39, 0.29) is 0 Å². The van der Waals surface area contributed by atoms with Gasteiger partial charge in [0, 0.05) is 26.3 Å². The monoisotopic (exact) mass is 306 g/mol. The zero-order chi connectivity index (χ0) is 15.8. The fourth-order valence-corrected chi connectivity index (χ4v) is 2.71. The molecular formula is C15H14N8. The molecule has 114 valence electrons. The average Bonchev–Trinajstić information content (AvgIpc) is 3.01. The Hall–Kier alpha value is -3.21. The van der Waals surface area contributed by atoms with Gasteiger partial charge < -0.3 is 9.80 Å². The third-order valence-corrected chi connectivity index (χ3v) is 4.12. The zero-order valence-electron chi connectivity index (χ0n) is 12.5. The molecule has 3 aromatic heterocycles. The molecule has 4 rings (SSSR count). The summed E-state index contributed by atoms with van der Waals surface area (Å²) in [5, 5.41) is 21.5. The van der Waals surface area contributed by atoms with Gasteiger partial charge in [0.2, 0.25) is 0 Å². The lowest BCUT2D eigenvalue weighted by atomic mass is 10.1. The Morgan fingerprint density at radius 3 is 3.00 bits per heavy atom. The maximum atomic E-state index is 9.20. The highest BCUT2D eigenvalue weighted by molar-refractivity contribution is 5.56. The Balaban J connectivity index is 1.49. The third kappa shape index (κ3) is 2.23. The van der Waals surface area contributed by atoms with Gasteiger partial charge in [-0.1, -0.05) is 0 Å². The van der Waals surface area contributed by atoms with Crippen LogP contribution in [0.5, 0.6) is 0 Å². The summed E-state index contributed by atoms with van der Waals surface area (Å²) >= 11 is 0. The van der Waals surface area contributed by atoms with Gasteiger partial charge in [-0.05, 0) is 24.3 Å². The standard InChI is InChI=1S/C15H14N8/c1-21(15-11(7-16)3-2-6-17-15)12-8-22(9-12)14-5-4-13-19-18-10-23(13)20-14/h2-6,10,12H,8-9H2,1H3. The summed E-state index contributed by atoms with van der Waals surface area (Å²) in [6, 6.07) is 9.91. The number of rotatable bonds is 3. The number of likely N-dealkylation sites (N-methyl/N-ethyl adjacent to an activating group) is 1. The topological polar surface area (TPSA) is 86.2 Å². The molecule has 0 spiro atoms. The maximum Gasteiger partial charge on any atom is 0.177 e. The number of hydrogen-bond acceptors (Lipinski definition) is 7. The number of nitriles is 1. The van der Waals surface area contributed by atoms with Crippen molar-refractivity contribution in [3.63, 3.8) is 0 Å². The third-order valence-electron chi connectivity index (χ3n) is 4.12. The first-order valence-corrected chi connectivity index (χ1v) is 7.26. The van der Waals surface area contributed by atoms with Crippen LogP contribution < -0.4 is 9.80 Å². The molecule has 3 aromatic rings. The minimum Gasteiger partial charge on any atom is -0.352 e. The van der Waals surface area contributed by atoms with Crippen LogP contribution in [0.15, 0.2) is 36.8 Å². The molecule has 8 nitrogen and oxygen atoms in total. The Bertz CT molecular complexity index is 890. The van der Waals surface area contributed by atoms with Crippen LogP contribution in [0, 0.1) is 11.3 Å². The van der Waals surface area contributed by atoms with Crippen molar-refractivity contribution in [2.24, 2.45) is 0 Å². The number of nitrogens with zero attached hydrogens (tertiary/aromatic N) is 8. The van der Waals surface area contributed by atoms with Gasteiger partial charge in [0.1, 0.15) is 24.0 Å². The van der Waals surface area contributed by atoms with Gasteiger partial charge in [0.05, 0.1) is 11.6 Å². The molecule has 4 heterocycles. The van der Waals surface area contributed by atoms with Crippen LogP contribution in [0.3, 0.4) is 0 Å². The van der Waals surface area contributed by atoms with Crippen LogP contribution in [0.2, 0.25) is 0 Å². The van der Waals surface area contributed by atoms with Gasteiger partial charge in [0.15, 0.2) is 5.65 Å². The van der Waals surface area contributed by atoms with E-state index in [0.717, 1.165) is 30.4 Å². The van der Waals surface area contributed by atoms with Crippen molar-refractivity contribution in [2.45, 2.75) is 6.04 Å². The molecule has 1 saturated heterocycles. The largest absolute Gasteiger partial charge is 0.352 e. The molecule has 0 amide bonds. The Kier molecular flexibility index (Phi) is 3.05. The second kappa shape index (κ2) is 5.21. The second-order valence-electron chi connectivity index (χ2n) is 5.48. The average molecular weight is 306 g/mol. The molecule has 0 atom stereocenters. The van der Waals surface area contributed by atoms with Crippen LogP contribution in [0.1, 0.15) is 5.56 Å². The van der Waals surface area contributed by atoms with E-state index in [1.165, 1.54) is 0 Å². The lowest BCUT2D eigenvalue weighted by Gasteiger charge is -2.45. The first-order chi connectivity index (χ1) is 11.3. The molecule has 0 aliphatic carbocycles. The smallest absolute Gasteiger partial charge is 0.177 e. The molecule has 1 aliphatic heterocycles. The van der Waals surface area contributed by atoms with Gasteiger partial charge in [-0.15, -0.1) is 15.3 Å².